The van der Waals surface area contributed by atoms with Crippen LogP contribution in [-0.4, -0.2) is 16.0 Å². The molecule has 0 aliphatic heterocycles. The summed E-state index contributed by atoms with van der Waals surface area (Å²) in [7, 11) is 0. The molecule has 0 unspecified atom stereocenters. The maximum Gasteiger partial charge on any atom is 0.417 e. The summed E-state index contributed by atoms with van der Waals surface area (Å²) in [6.07, 6.45) is -4.14. The molecule has 0 radical (unpaired) electrons. The van der Waals surface area contributed by atoms with E-state index < -0.39 is 50.9 Å². The van der Waals surface area contributed by atoms with E-state index in [1.54, 1.807) is 0 Å². The van der Waals surface area contributed by atoms with Crippen molar-refractivity contribution < 1.29 is 31.5 Å². The van der Waals surface area contributed by atoms with E-state index in [-0.39, 0.29) is 21.5 Å². The zero-order valence-electron chi connectivity index (χ0n) is 16.2. The van der Waals surface area contributed by atoms with Gasteiger partial charge in [-0.2, -0.15) is 13.2 Å². The molecule has 5 nitrogen and oxygen atoms in total. The number of carbonyl (C=O) groups is 1. The third kappa shape index (κ3) is 6.03. The van der Waals surface area contributed by atoms with Crippen LogP contribution < -0.4 is 15.4 Å². The number of anilines is 1. The molecule has 14 heteroatoms. The van der Waals surface area contributed by atoms with E-state index >= 15 is 0 Å². The number of aromatic nitrogens is 1. The van der Waals surface area contributed by atoms with E-state index in [1.807, 2.05) is 0 Å². The molecule has 3 aromatic rings. The van der Waals surface area contributed by atoms with Crippen LogP contribution in [0.2, 0.25) is 15.1 Å². The molecular formula is C20H9Cl3F5N3O2S. The first kappa shape index (κ1) is 25.9. The van der Waals surface area contributed by atoms with Crippen molar-refractivity contribution in [3.05, 3.63) is 80.4 Å². The normalized spacial score (nSPS) is 11.2. The van der Waals surface area contributed by atoms with Crippen LogP contribution in [-0.2, 0) is 6.18 Å². The van der Waals surface area contributed by atoms with Crippen LogP contribution in [0.4, 0.5) is 32.4 Å². The quantitative estimate of drug-likeness (QED) is 0.256. The minimum absolute atomic E-state index is 0.0307. The van der Waals surface area contributed by atoms with E-state index in [9.17, 15) is 26.7 Å². The number of rotatable bonds is 4. The third-order valence-corrected chi connectivity index (χ3v) is 5.14. The van der Waals surface area contributed by atoms with Gasteiger partial charge < -0.3 is 10.1 Å². The van der Waals surface area contributed by atoms with Crippen LogP contribution >= 0.6 is 47.0 Å². The van der Waals surface area contributed by atoms with Crippen LogP contribution in [0, 0.1) is 11.6 Å². The monoisotopic (exact) mass is 555 g/mol. The molecular weight excluding hydrogens is 548 g/mol. The fourth-order valence-electron chi connectivity index (χ4n) is 2.52. The van der Waals surface area contributed by atoms with Gasteiger partial charge in [0, 0.05) is 11.9 Å². The van der Waals surface area contributed by atoms with E-state index in [4.69, 9.17) is 51.8 Å². The van der Waals surface area contributed by atoms with Gasteiger partial charge in [0.25, 0.3) is 0 Å². The molecule has 0 atom stereocenters. The molecule has 2 aromatic carbocycles. The van der Waals surface area contributed by atoms with Gasteiger partial charge in [0.1, 0.15) is 21.6 Å². The number of alkyl halides is 3. The Morgan fingerprint density at radius 3 is 2.12 bits per heavy atom. The number of thiocarbonyl (C=S) groups is 1. The lowest BCUT2D eigenvalue weighted by atomic mass is 10.2. The zero-order chi connectivity index (χ0) is 25.2. The van der Waals surface area contributed by atoms with Crippen LogP contribution in [0.15, 0.2) is 42.6 Å². The molecule has 0 fully saturated rings. The second-order valence-corrected chi connectivity index (χ2v) is 8.01. The molecule has 0 aliphatic rings. The van der Waals surface area contributed by atoms with E-state index in [1.165, 1.54) is 12.1 Å². The fourth-order valence-corrected chi connectivity index (χ4v) is 3.58. The molecule has 1 heterocycles. The van der Waals surface area contributed by atoms with Crippen molar-refractivity contribution in [2.45, 2.75) is 6.18 Å². The van der Waals surface area contributed by atoms with Crippen molar-refractivity contribution in [1.82, 2.24) is 10.3 Å². The number of hydrogen-bond acceptors (Lipinski definition) is 4. The Morgan fingerprint density at radius 2 is 1.59 bits per heavy atom. The molecule has 0 aliphatic carbocycles. The van der Waals surface area contributed by atoms with Gasteiger partial charge in [-0.1, -0.05) is 53.1 Å². The summed E-state index contributed by atoms with van der Waals surface area (Å²) >= 11 is 22.9. The number of nitrogens with one attached hydrogen (secondary N) is 2. The van der Waals surface area contributed by atoms with Crippen molar-refractivity contribution in [3.63, 3.8) is 0 Å². The average Bonchev–Trinajstić information content (AvgIpc) is 2.70. The van der Waals surface area contributed by atoms with Crippen molar-refractivity contribution >= 4 is 63.7 Å². The summed E-state index contributed by atoms with van der Waals surface area (Å²) in [6.45, 7) is 0. The lowest BCUT2D eigenvalue weighted by molar-refractivity contribution is -0.137. The maximum atomic E-state index is 13.8. The Morgan fingerprint density at radius 1 is 1.00 bits per heavy atom. The minimum atomic E-state index is -4.65. The highest BCUT2D eigenvalue weighted by Crippen LogP contribution is 2.41. The van der Waals surface area contributed by atoms with Gasteiger partial charge in [-0.25, -0.2) is 18.6 Å². The summed E-state index contributed by atoms with van der Waals surface area (Å²) in [5.74, 6) is -2.52. The Hall–Kier alpha value is -2.73. The predicted octanol–water partition coefficient (Wildman–Crippen LogP) is 7.63. The van der Waals surface area contributed by atoms with Crippen molar-refractivity contribution in [2.75, 3.05) is 5.32 Å². The molecule has 1 aromatic heterocycles. The second kappa shape index (κ2) is 10.3. The minimum Gasteiger partial charge on any atom is -0.434 e. The average molecular weight is 557 g/mol. The van der Waals surface area contributed by atoms with Gasteiger partial charge in [0.15, 0.2) is 5.75 Å². The molecule has 3 rings (SSSR count). The van der Waals surface area contributed by atoms with Gasteiger partial charge in [-0.15, -0.1) is 0 Å². The van der Waals surface area contributed by atoms with E-state index in [2.05, 4.69) is 15.6 Å². The Bertz CT molecular complexity index is 1250. The van der Waals surface area contributed by atoms with Crippen molar-refractivity contribution in [3.8, 4) is 11.6 Å². The zero-order valence-corrected chi connectivity index (χ0v) is 19.3. The number of hydrogen-bond donors (Lipinski definition) is 2. The molecule has 0 spiro atoms. The first-order valence-corrected chi connectivity index (χ1v) is 10.4. The lowest BCUT2D eigenvalue weighted by Gasteiger charge is -2.14. The summed E-state index contributed by atoms with van der Waals surface area (Å²) in [5.41, 5.74) is -1.64. The number of benzene rings is 2. The molecule has 0 bridgehead atoms. The molecule has 34 heavy (non-hydrogen) atoms. The highest BCUT2D eigenvalue weighted by atomic mass is 35.5. The number of nitrogens with zero attached hydrogens (tertiary/aromatic N) is 1. The second-order valence-electron chi connectivity index (χ2n) is 6.38. The van der Waals surface area contributed by atoms with Crippen LogP contribution in [0.25, 0.3) is 0 Å². The number of halogens is 8. The summed E-state index contributed by atoms with van der Waals surface area (Å²) in [5, 5.41) is 3.65. The maximum absolute atomic E-state index is 13.8. The SMILES string of the molecule is O=C(NC(=S)c1c(F)cccc1F)Nc1cc(Cl)c(Oc2ncc(C(F)(F)F)cc2Cl)c(Cl)c1. The topological polar surface area (TPSA) is 63.2 Å². The summed E-state index contributed by atoms with van der Waals surface area (Å²) in [4.78, 5) is 15.2. The standard InChI is InChI=1S/C20H9Cl3F5N3O2S/c21-10-5-9(30-19(32)31-18(34)15-13(24)2-1-3-14(15)25)6-11(22)16(10)33-17-12(23)4-8(7-29-17)20(26,27)28/h1-7H,(H2,30,31,32,34). The van der Waals surface area contributed by atoms with Crippen LogP contribution in [0.3, 0.4) is 0 Å². The predicted molar refractivity (Wildman–Crippen MR) is 121 cm³/mol. The molecule has 0 saturated heterocycles. The first-order valence-electron chi connectivity index (χ1n) is 8.82. The van der Waals surface area contributed by atoms with Gasteiger partial charge in [-0.3, -0.25) is 5.32 Å². The number of urea groups is 1. The largest absolute Gasteiger partial charge is 0.434 e. The Balaban J connectivity index is 1.74. The van der Waals surface area contributed by atoms with E-state index in [0.717, 1.165) is 18.2 Å². The van der Waals surface area contributed by atoms with Crippen molar-refractivity contribution in [1.29, 1.82) is 0 Å². The van der Waals surface area contributed by atoms with Gasteiger partial charge in [0.2, 0.25) is 5.88 Å². The number of amides is 2. The first-order chi connectivity index (χ1) is 15.9. The summed E-state index contributed by atoms with van der Waals surface area (Å²) in [6, 6.07) is 5.12. The highest BCUT2D eigenvalue weighted by molar-refractivity contribution is 7.80. The summed E-state index contributed by atoms with van der Waals surface area (Å²) < 4.78 is 71.2. The third-order valence-electron chi connectivity index (χ3n) is 4.01. The lowest BCUT2D eigenvalue weighted by Crippen LogP contribution is -2.34. The van der Waals surface area contributed by atoms with Crippen LogP contribution in [0.5, 0.6) is 11.6 Å². The molecule has 0 saturated carbocycles. The Labute approximate surface area is 208 Å². The molecule has 2 amide bonds. The van der Waals surface area contributed by atoms with Gasteiger partial charge >= 0.3 is 12.2 Å². The van der Waals surface area contributed by atoms with Crippen LogP contribution in [0.1, 0.15) is 11.1 Å². The van der Waals surface area contributed by atoms with Gasteiger partial charge in [0.05, 0.1) is 21.2 Å². The van der Waals surface area contributed by atoms with Gasteiger partial charge in [-0.05, 0) is 30.3 Å². The molecule has 178 valence electrons. The molecule has 2 N–H and O–H groups in total. The Kier molecular flexibility index (Phi) is 7.81. The fraction of sp³-hybridized carbons (Fsp3) is 0.0500. The number of ether oxygens (including phenoxy) is 1. The van der Waals surface area contributed by atoms with E-state index in [0.29, 0.717) is 12.3 Å². The number of pyridine rings is 1. The highest BCUT2D eigenvalue weighted by Gasteiger charge is 2.32. The van der Waals surface area contributed by atoms with Crippen molar-refractivity contribution in [2.24, 2.45) is 0 Å². The smallest absolute Gasteiger partial charge is 0.417 e. The number of carbonyl (C=O) groups excluding carboxylic acids is 1.